The molecule has 1 aliphatic heterocycles. The largest absolute Gasteiger partial charge is 0.481 e. The molecule has 0 spiro atoms. The summed E-state index contributed by atoms with van der Waals surface area (Å²) in [6, 6.07) is 8.24. The van der Waals surface area contributed by atoms with Gasteiger partial charge in [0, 0.05) is 30.2 Å². The van der Waals surface area contributed by atoms with E-state index in [4.69, 9.17) is 0 Å². The van der Waals surface area contributed by atoms with Gasteiger partial charge >= 0.3 is 5.97 Å². The van der Waals surface area contributed by atoms with E-state index in [9.17, 15) is 9.90 Å². The number of fused-ring (bicyclic) bond motifs is 1. The number of carbonyl (C=O) groups is 1. The summed E-state index contributed by atoms with van der Waals surface area (Å²) in [7, 11) is 0. The lowest BCUT2D eigenvalue weighted by Gasteiger charge is -2.28. The lowest BCUT2D eigenvalue weighted by Crippen LogP contribution is -2.39. The highest BCUT2D eigenvalue weighted by atomic mass is 16.4. The van der Waals surface area contributed by atoms with E-state index in [-0.39, 0.29) is 5.92 Å². The van der Waals surface area contributed by atoms with Gasteiger partial charge in [0.15, 0.2) is 0 Å². The van der Waals surface area contributed by atoms with Gasteiger partial charge in [0.1, 0.15) is 0 Å². The molecule has 1 atom stereocenters. The van der Waals surface area contributed by atoms with Crippen LogP contribution < -0.4 is 0 Å². The van der Waals surface area contributed by atoms with Crippen LogP contribution in [0.5, 0.6) is 0 Å². The molecule has 0 amide bonds. The maximum Gasteiger partial charge on any atom is 0.311 e. The fourth-order valence-corrected chi connectivity index (χ4v) is 3.45. The third-order valence-corrected chi connectivity index (χ3v) is 4.98. The molecule has 1 saturated heterocycles. The minimum atomic E-state index is -0.654. The topological polar surface area (TPSA) is 56.3 Å². The van der Waals surface area contributed by atoms with E-state index in [1.165, 1.54) is 10.9 Å². The first kappa shape index (κ1) is 14.1. The van der Waals surface area contributed by atoms with Gasteiger partial charge in [0.2, 0.25) is 0 Å². The van der Waals surface area contributed by atoms with Gasteiger partial charge in [-0.25, -0.2) is 0 Å². The number of carboxylic acids is 1. The Kier molecular flexibility index (Phi) is 3.49. The minimum Gasteiger partial charge on any atom is -0.481 e. The van der Waals surface area contributed by atoms with Gasteiger partial charge in [0.05, 0.1) is 5.41 Å². The van der Waals surface area contributed by atoms with Crippen LogP contribution in [-0.4, -0.2) is 34.0 Å². The number of rotatable bonds is 4. The van der Waals surface area contributed by atoms with Crippen LogP contribution in [0.2, 0.25) is 0 Å². The van der Waals surface area contributed by atoms with E-state index in [1.807, 2.05) is 32.2 Å². The van der Waals surface area contributed by atoms with Crippen molar-refractivity contribution < 1.29 is 9.90 Å². The molecule has 112 valence electrons. The highest BCUT2D eigenvalue weighted by Crippen LogP contribution is 2.39. The van der Waals surface area contributed by atoms with Crippen LogP contribution in [-0.2, 0) is 11.3 Å². The number of carboxylic acid groups (broad SMARTS) is 1. The summed E-state index contributed by atoms with van der Waals surface area (Å²) in [4.78, 5) is 17.2. The first-order valence-electron chi connectivity index (χ1n) is 7.54. The molecule has 0 aliphatic carbocycles. The number of likely N-dealkylation sites (tertiary alicyclic amines) is 1. The molecule has 4 nitrogen and oxygen atoms in total. The molecule has 4 heteroatoms. The molecule has 1 unspecified atom stereocenters. The standard InChI is InChI=1S/C17H22N2O2/c1-12(2)17(16(20)21)7-8-19(11-17)10-13-9-18-15-6-4-3-5-14(13)15/h3-6,9,12,18H,7-8,10-11H2,1-2H3,(H,20,21). The van der Waals surface area contributed by atoms with E-state index in [0.29, 0.717) is 6.54 Å². The Bertz CT molecular complexity index is 662. The molecule has 0 radical (unpaired) electrons. The zero-order chi connectivity index (χ0) is 15.0. The normalized spacial score (nSPS) is 23.2. The Hall–Kier alpha value is -1.81. The van der Waals surface area contributed by atoms with E-state index in [2.05, 4.69) is 22.0 Å². The van der Waals surface area contributed by atoms with Crippen molar-refractivity contribution >= 4 is 16.9 Å². The van der Waals surface area contributed by atoms with Gasteiger partial charge in [-0.15, -0.1) is 0 Å². The molecule has 2 heterocycles. The van der Waals surface area contributed by atoms with Crippen molar-refractivity contribution in [2.75, 3.05) is 13.1 Å². The molecule has 1 aromatic carbocycles. The highest BCUT2D eigenvalue weighted by Gasteiger charge is 2.47. The van der Waals surface area contributed by atoms with Crippen LogP contribution in [0, 0.1) is 11.3 Å². The molecule has 1 fully saturated rings. The maximum absolute atomic E-state index is 11.7. The Morgan fingerprint density at radius 1 is 1.43 bits per heavy atom. The predicted molar refractivity (Wildman–Crippen MR) is 83.1 cm³/mol. The van der Waals surface area contributed by atoms with E-state index in [1.54, 1.807) is 0 Å². The Morgan fingerprint density at radius 3 is 2.86 bits per heavy atom. The van der Waals surface area contributed by atoms with Gasteiger partial charge in [-0.3, -0.25) is 9.69 Å². The number of hydrogen-bond acceptors (Lipinski definition) is 2. The number of nitrogens with one attached hydrogen (secondary N) is 1. The van der Waals surface area contributed by atoms with Crippen molar-refractivity contribution in [1.82, 2.24) is 9.88 Å². The molecule has 0 bridgehead atoms. The molecular formula is C17H22N2O2. The molecule has 0 saturated carbocycles. The summed E-state index contributed by atoms with van der Waals surface area (Å²) in [6.45, 7) is 6.34. The molecule has 1 aliphatic rings. The van der Waals surface area contributed by atoms with Crippen molar-refractivity contribution in [2.24, 2.45) is 11.3 Å². The SMILES string of the molecule is CC(C)C1(C(=O)O)CCN(Cc2c[nH]c3ccccc23)C1. The second-order valence-corrected chi connectivity index (χ2v) is 6.44. The van der Waals surface area contributed by atoms with Gasteiger partial charge in [-0.1, -0.05) is 32.0 Å². The molecule has 21 heavy (non-hydrogen) atoms. The fourth-order valence-electron chi connectivity index (χ4n) is 3.45. The second-order valence-electron chi connectivity index (χ2n) is 6.44. The second kappa shape index (κ2) is 5.19. The quantitative estimate of drug-likeness (QED) is 0.908. The minimum absolute atomic E-state index is 0.156. The van der Waals surface area contributed by atoms with Crippen molar-refractivity contribution in [3.8, 4) is 0 Å². The van der Waals surface area contributed by atoms with Crippen LogP contribution in [0.25, 0.3) is 10.9 Å². The Balaban J connectivity index is 1.80. The number of hydrogen-bond donors (Lipinski definition) is 2. The van der Waals surface area contributed by atoms with Crippen LogP contribution in [0.3, 0.4) is 0 Å². The smallest absolute Gasteiger partial charge is 0.311 e. The van der Waals surface area contributed by atoms with Gasteiger partial charge in [0.25, 0.3) is 0 Å². The number of H-pyrrole nitrogens is 1. The summed E-state index contributed by atoms with van der Waals surface area (Å²) < 4.78 is 0. The Morgan fingerprint density at radius 2 is 2.19 bits per heavy atom. The molecule has 2 aromatic rings. The zero-order valence-electron chi connectivity index (χ0n) is 12.6. The van der Waals surface area contributed by atoms with Crippen LogP contribution in [0.15, 0.2) is 30.5 Å². The number of benzene rings is 1. The average molecular weight is 286 g/mol. The van der Waals surface area contributed by atoms with E-state index in [0.717, 1.165) is 25.0 Å². The first-order valence-corrected chi connectivity index (χ1v) is 7.54. The molecular weight excluding hydrogens is 264 g/mol. The summed E-state index contributed by atoms with van der Waals surface area (Å²) in [5.41, 5.74) is 1.79. The average Bonchev–Trinajstić information content (AvgIpc) is 3.05. The number of aromatic amines is 1. The zero-order valence-corrected chi connectivity index (χ0v) is 12.6. The third kappa shape index (κ3) is 2.33. The van der Waals surface area contributed by atoms with Crippen molar-refractivity contribution in [2.45, 2.75) is 26.8 Å². The molecule has 2 N–H and O–H groups in total. The van der Waals surface area contributed by atoms with E-state index < -0.39 is 11.4 Å². The number of aromatic nitrogens is 1. The highest BCUT2D eigenvalue weighted by molar-refractivity contribution is 5.83. The lowest BCUT2D eigenvalue weighted by atomic mass is 9.76. The van der Waals surface area contributed by atoms with Crippen molar-refractivity contribution in [3.63, 3.8) is 0 Å². The van der Waals surface area contributed by atoms with Crippen LogP contribution in [0.4, 0.5) is 0 Å². The summed E-state index contributed by atoms with van der Waals surface area (Å²) >= 11 is 0. The Labute approximate surface area is 124 Å². The summed E-state index contributed by atoms with van der Waals surface area (Å²) in [6.07, 6.45) is 2.78. The van der Waals surface area contributed by atoms with Crippen LogP contribution in [0.1, 0.15) is 25.8 Å². The van der Waals surface area contributed by atoms with Gasteiger partial charge < -0.3 is 10.1 Å². The summed E-state index contributed by atoms with van der Waals surface area (Å²) in [5.74, 6) is -0.498. The van der Waals surface area contributed by atoms with E-state index >= 15 is 0 Å². The monoisotopic (exact) mass is 286 g/mol. The maximum atomic E-state index is 11.7. The number of aliphatic carboxylic acids is 1. The van der Waals surface area contributed by atoms with Crippen LogP contribution >= 0.6 is 0 Å². The summed E-state index contributed by atoms with van der Waals surface area (Å²) in [5, 5.41) is 10.8. The number of nitrogens with zero attached hydrogens (tertiary/aromatic N) is 1. The lowest BCUT2D eigenvalue weighted by molar-refractivity contribution is -0.151. The first-order chi connectivity index (χ1) is 10.0. The van der Waals surface area contributed by atoms with Crippen molar-refractivity contribution in [3.05, 3.63) is 36.0 Å². The molecule has 1 aromatic heterocycles. The van der Waals surface area contributed by atoms with Gasteiger partial charge in [-0.05, 0) is 30.5 Å². The third-order valence-electron chi connectivity index (χ3n) is 4.98. The molecule has 3 rings (SSSR count). The van der Waals surface area contributed by atoms with Crippen molar-refractivity contribution in [1.29, 1.82) is 0 Å². The number of para-hydroxylation sites is 1. The fraction of sp³-hybridized carbons (Fsp3) is 0.471. The van der Waals surface area contributed by atoms with Gasteiger partial charge in [-0.2, -0.15) is 0 Å². The predicted octanol–water partition coefficient (Wildman–Crippen LogP) is 3.10.